The molecule has 72 valence electrons. The molecule has 1 N–H and O–H groups in total. The summed E-state index contributed by atoms with van der Waals surface area (Å²) in [6.45, 7) is 7.92. The summed E-state index contributed by atoms with van der Waals surface area (Å²) in [5, 5.41) is 9.85. The monoisotopic (exact) mass is 174 g/mol. The van der Waals surface area contributed by atoms with Gasteiger partial charge in [-0.15, -0.1) is 0 Å². The minimum absolute atomic E-state index is 0.197. The van der Waals surface area contributed by atoms with Gasteiger partial charge in [-0.3, -0.25) is 0 Å². The van der Waals surface area contributed by atoms with Crippen molar-refractivity contribution in [2.75, 3.05) is 6.61 Å². The van der Waals surface area contributed by atoms with Crippen LogP contribution in [0.1, 0.15) is 34.1 Å². The Morgan fingerprint density at radius 2 is 2.17 bits per heavy atom. The van der Waals surface area contributed by atoms with Crippen LogP contribution in [0.3, 0.4) is 0 Å². The Bertz CT molecular complexity index is 163. The summed E-state index contributed by atoms with van der Waals surface area (Å²) in [7, 11) is 0. The highest BCUT2D eigenvalue weighted by Gasteiger charge is 2.42. The Balaban J connectivity index is 2.58. The van der Waals surface area contributed by atoms with Crippen LogP contribution in [0.25, 0.3) is 0 Å². The van der Waals surface area contributed by atoms with Gasteiger partial charge in [-0.1, -0.05) is 6.92 Å². The molecular weight excluding hydrogens is 156 g/mol. The Hall–Kier alpha value is -0.120. The van der Waals surface area contributed by atoms with Crippen molar-refractivity contribution in [1.82, 2.24) is 0 Å². The van der Waals surface area contributed by atoms with Crippen molar-refractivity contribution in [3.63, 3.8) is 0 Å². The van der Waals surface area contributed by atoms with Crippen LogP contribution < -0.4 is 0 Å². The third-order valence-electron chi connectivity index (χ3n) is 2.42. The van der Waals surface area contributed by atoms with Gasteiger partial charge in [0.15, 0.2) is 5.79 Å². The first-order valence-electron chi connectivity index (χ1n) is 4.41. The molecule has 1 aliphatic heterocycles. The first-order valence-corrected chi connectivity index (χ1v) is 4.41. The number of hydrogen-bond donors (Lipinski definition) is 1. The summed E-state index contributed by atoms with van der Waals surface area (Å²) in [5.74, 6) is -0.538. The van der Waals surface area contributed by atoms with E-state index in [1.54, 1.807) is 6.92 Å². The molecule has 1 saturated heterocycles. The molecule has 0 aliphatic carbocycles. The summed E-state index contributed by atoms with van der Waals surface area (Å²) < 4.78 is 10.9. The zero-order valence-electron chi connectivity index (χ0n) is 8.26. The third-order valence-corrected chi connectivity index (χ3v) is 2.42. The van der Waals surface area contributed by atoms with E-state index in [0.717, 1.165) is 0 Å². The van der Waals surface area contributed by atoms with Crippen molar-refractivity contribution in [2.24, 2.45) is 0 Å². The molecule has 0 unspecified atom stereocenters. The zero-order valence-corrected chi connectivity index (χ0v) is 8.26. The molecule has 0 aromatic heterocycles. The summed E-state index contributed by atoms with van der Waals surface area (Å²) >= 11 is 0. The van der Waals surface area contributed by atoms with Crippen molar-refractivity contribution in [3.8, 4) is 0 Å². The van der Waals surface area contributed by atoms with Crippen molar-refractivity contribution in [1.29, 1.82) is 0 Å². The highest BCUT2D eigenvalue weighted by Crippen LogP contribution is 2.30. The molecule has 1 rings (SSSR count). The molecule has 0 spiro atoms. The van der Waals surface area contributed by atoms with E-state index >= 15 is 0 Å². The predicted octanol–water partition coefficient (Wildman–Crippen LogP) is 1.30. The summed E-state index contributed by atoms with van der Waals surface area (Å²) in [6.07, 6.45) is 0.481. The van der Waals surface area contributed by atoms with Gasteiger partial charge in [0.1, 0.15) is 6.10 Å². The standard InChI is InChI=1S/C9H18O3/c1-5-9(4,10)7-6-11-8(2,3)12-7/h7,10H,5-6H2,1-4H3/t7-,9+/m1/s1. The van der Waals surface area contributed by atoms with Gasteiger partial charge in [0, 0.05) is 0 Å². The van der Waals surface area contributed by atoms with Crippen LogP contribution in [0.5, 0.6) is 0 Å². The van der Waals surface area contributed by atoms with Crippen LogP contribution >= 0.6 is 0 Å². The van der Waals surface area contributed by atoms with E-state index in [1.165, 1.54) is 0 Å². The van der Waals surface area contributed by atoms with Gasteiger partial charge in [0.2, 0.25) is 0 Å². The van der Waals surface area contributed by atoms with E-state index in [-0.39, 0.29) is 6.10 Å². The lowest BCUT2D eigenvalue weighted by atomic mass is 9.97. The highest BCUT2D eigenvalue weighted by molar-refractivity contribution is 4.86. The van der Waals surface area contributed by atoms with Gasteiger partial charge in [-0.2, -0.15) is 0 Å². The lowest BCUT2D eigenvalue weighted by Crippen LogP contribution is -2.41. The summed E-state index contributed by atoms with van der Waals surface area (Å²) in [6, 6.07) is 0. The molecule has 0 bridgehead atoms. The normalized spacial score (nSPS) is 33.2. The largest absolute Gasteiger partial charge is 0.387 e. The van der Waals surface area contributed by atoms with E-state index in [9.17, 15) is 5.11 Å². The van der Waals surface area contributed by atoms with E-state index in [4.69, 9.17) is 9.47 Å². The molecule has 0 aromatic carbocycles. The average molecular weight is 174 g/mol. The third kappa shape index (κ3) is 1.97. The minimum atomic E-state index is -0.770. The van der Waals surface area contributed by atoms with E-state index in [0.29, 0.717) is 13.0 Å². The van der Waals surface area contributed by atoms with Gasteiger partial charge < -0.3 is 14.6 Å². The summed E-state index contributed by atoms with van der Waals surface area (Å²) in [5.41, 5.74) is -0.770. The molecule has 2 atom stereocenters. The molecule has 0 saturated carbocycles. The Kier molecular flexibility index (Phi) is 2.47. The fourth-order valence-electron chi connectivity index (χ4n) is 1.22. The minimum Gasteiger partial charge on any atom is -0.387 e. The molecule has 3 nitrogen and oxygen atoms in total. The second-order valence-corrected chi connectivity index (χ2v) is 4.03. The number of aliphatic hydroxyl groups is 1. The van der Waals surface area contributed by atoms with Gasteiger partial charge in [-0.05, 0) is 27.2 Å². The van der Waals surface area contributed by atoms with Crippen molar-refractivity contribution >= 4 is 0 Å². The van der Waals surface area contributed by atoms with E-state index in [1.807, 2.05) is 20.8 Å². The molecule has 0 aromatic rings. The van der Waals surface area contributed by atoms with E-state index < -0.39 is 11.4 Å². The zero-order chi connectivity index (χ0) is 9.41. The molecule has 1 heterocycles. The van der Waals surface area contributed by atoms with Gasteiger partial charge in [-0.25, -0.2) is 0 Å². The van der Waals surface area contributed by atoms with Gasteiger partial charge in [0.05, 0.1) is 12.2 Å². The molecule has 1 aliphatic rings. The highest BCUT2D eigenvalue weighted by atomic mass is 16.7. The van der Waals surface area contributed by atoms with Crippen LogP contribution in [0, 0.1) is 0 Å². The second kappa shape index (κ2) is 2.98. The molecule has 0 amide bonds. The molecule has 12 heavy (non-hydrogen) atoms. The summed E-state index contributed by atoms with van der Waals surface area (Å²) in [4.78, 5) is 0. The predicted molar refractivity (Wildman–Crippen MR) is 45.8 cm³/mol. The van der Waals surface area contributed by atoms with Crippen molar-refractivity contribution < 1.29 is 14.6 Å². The number of ether oxygens (including phenoxy) is 2. The van der Waals surface area contributed by atoms with Crippen molar-refractivity contribution in [3.05, 3.63) is 0 Å². The Morgan fingerprint density at radius 1 is 1.58 bits per heavy atom. The average Bonchev–Trinajstić information content (AvgIpc) is 2.31. The maximum absolute atomic E-state index is 9.85. The fraction of sp³-hybridized carbons (Fsp3) is 1.00. The topological polar surface area (TPSA) is 38.7 Å². The lowest BCUT2D eigenvalue weighted by molar-refractivity contribution is -0.167. The van der Waals surface area contributed by atoms with Crippen LogP contribution in [-0.2, 0) is 9.47 Å². The van der Waals surface area contributed by atoms with Crippen LogP contribution in [0.2, 0.25) is 0 Å². The number of rotatable bonds is 2. The smallest absolute Gasteiger partial charge is 0.163 e. The quantitative estimate of drug-likeness (QED) is 0.685. The maximum Gasteiger partial charge on any atom is 0.163 e. The first kappa shape index (κ1) is 9.96. The molecule has 1 fully saturated rings. The Labute approximate surface area is 73.7 Å². The number of hydrogen-bond acceptors (Lipinski definition) is 3. The molecule has 0 radical (unpaired) electrons. The fourth-order valence-corrected chi connectivity index (χ4v) is 1.22. The van der Waals surface area contributed by atoms with Crippen LogP contribution in [0.4, 0.5) is 0 Å². The lowest BCUT2D eigenvalue weighted by Gasteiger charge is -2.28. The maximum atomic E-state index is 9.85. The Morgan fingerprint density at radius 3 is 2.50 bits per heavy atom. The van der Waals surface area contributed by atoms with Crippen molar-refractivity contribution in [2.45, 2.75) is 51.6 Å². The van der Waals surface area contributed by atoms with Crippen LogP contribution in [-0.4, -0.2) is 29.2 Å². The molecule has 3 heteroatoms. The SMILES string of the molecule is CC[C@](C)(O)[C@H]1COC(C)(C)O1. The first-order chi connectivity index (χ1) is 5.37. The second-order valence-electron chi connectivity index (χ2n) is 4.03. The van der Waals surface area contributed by atoms with Gasteiger partial charge in [0.25, 0.3) is 0 Å². The van der Waals surface area contributed by atoms with Crippen LogP contribution in [0.15, 0.2) is 0 Å². The van der Waals surface area contributed by atoms with Gasteiger partial charge >= 0.3 is 0 Å². The van der Waals surface area contributed by atoms with E-state index in [2.05, 4.69) is 0 Å². The molecular formula is C9H18O3.